The van der Waals surface area contributed by atoms with Gasteiger partial charge in [-0.25, -0.2) is 0 Å². The van der Waals surface area contributed by atoms with Gasteiger partial charge in [0.15, 0.2) is 5.78 Å². The normalized spacial score (nSPS) is 17.3. The summed E-state index contributed by atoms with van der Waals surface area (Å²) in [6.45, 7) is 3.63. The number of hydrogen-bond donors (Lipinski definition) is 0. The van der Waals surface area contributed by atoms with Gasteiger partial charge in [-0.15, -0.1) is 0 Å². The number of nitrogens with zero attached hydrogens (tertiary/aromatic N) is 2. The van der Waals surface area contributed by atoms with E-state index in [4.69, 9.17) is 4.74 Å². The molecule has 94 valence electrons. The van der Waals surface area contributed by atoms with Crippen molar-refractivity contribution in [2.75, 3.05) is 13.2 Å². The first kappa shape index (κ1) is 12.3. The van der Waals surface area contributed by atoms with Crippen LogP contribution in [0, 0.1) is 5.92 Å². The number of carbonyl (C=O) groups is 1. The van der Waals surface area contributed by atoms with E-state index in [1.165, 1.54) is 0 Å². The first-order chi connectivity index (χ1) is 8.20. The minimum atomic E-state index is 0.238. The van der Waals surface area contributed by atoms with Gasteiger partial charge in [0.05, 0.1) is 11.3 Å². The Bertz CT molecular complexity index is 392. The van der Waals surface area contributed by atoms with E-state index in [-0.39, 0.29) is 5.78 Å². The lowest BCUT2D eigenvalue weighted by Gasteiger charge is -2.21. The third kappa shape index (κ3) is 2.94. The highest BCUT2D eigenvalue weighted by molar-refractivity contribution is 5.97. The van der Waals surface area contributed by atoms with Crippen molar-refractivity contribution in [2.45, 2.75) is 32.6 Å². The van der Waals surface area contributed by atoms with Crippen molar-refractivity contribution in [3.8, 4) is 0 Å². The highest BCUT2D eigenvalue weighted by Crippen LogP contribution is 2.21. The Morgan fingerprint density at radius 3 is 2.88 bits per heavy atom. The van der Waals surface area contributed by atoms with Gasteiger partial charge >= 0.3 is 0 Å². The summed E-state index contributed by atoms with van der Waals surface area (Å²) in [5.74, 6) is 0.725. The molecule has 1 aromatic rings. The van der Waals surface area contributed by atoms with E-state index in [2.05, 4.69) is 5.10 Å². The van der Waals surface area contributed by atoms with Crippen molar-refractivity contribution in [2.24, 2.45) is 13.0 Å². The fourth-order valence-corrected chi connectivity index (χ4v) is 2.35. The highest BCUT2D eigenvalue weighted by Gasteiger charge is 2.21. The van der Waals surface area contributed by atoms with Crippen LogP contribution in [0.4, 0.5) is 0 Å². The number of carbonyl (C=O) groups excluding carboxylic acids is 1. The third-order valence-electron chi connectivity index (χ3n) is 3.36. The van der Waals surface area contributed by atoms with Crippen molar-refractivity contribution in [1.82, 2.24) is 9.78 Å². The Labute approximate surface area is 102 Å². The molecule has 1 aromatic heterocycles. The minimum Gasteiger partial charge on any atom is -0.381 e. The Balaban J connectivity index is 2.02. The van der Waals surface area contributed by atoms with Crippen LogP contribution >= 0.6 is 0 Å². The Morgan fingerprint density at radius 1 is 1.53 bits per heavy atom. The van der Waals surface area contributed by atoms with Crippen LogP contribution in [0.25, 0.3) is 0 Å². The van der Waals surface area contributed by atoms with E-state index in [1.807, 2.05) is 20.2 Å². The highest BCUT2D eigenvalue weighted by atomic mass is 16.5. The summed E-state index contributed by atoms with van der Waals surface area (Å²) in [7, 11) is 1.87. The smallest absolute Gasteiger partial charge is 0.166 e. The number of aryl methyl sites for hydroxylation is 2. The van der Waals surface area contributed by atoms with Gasteiger partial charge in [-0.3, -0.25) is 9.48 Å². The first-order valence-corrected chi connectivity index (χ1v) is 6.34. The maximum atomic E-state index is 12.2. The molecule has 2 rings (SSSR count). The first-order valence-electron chi connectivity index (χ1n) is 6.34. The number of aromatic nitrogens is 2. The van der Waals surface area contributed by atoms with Gasteiger partial charge in [-0.1, -0.05) is 6.92 Å². The molecule has 0 unspecified atom stereocenters. The molecule has 0 radical (unpaired) electrons. The quantitative estimate of drug-likeness (QED) is 0.751. The molecule has 1 fully saturated rings. The van der Waals surface area contributed by atoms with Crippen LogP contribution in [0.3, 0.4) is 0 Å². The molecule has 0 N–H and O–H groups in total. The van der Waals surface area contributed by atoms with Gasteiger partial charge in [0.25, 0.3) is 0 Å². The lowest BCUT2D eigenvalue weighted by atomic mass is 9.92. The van der Waals surface area contributed by atoms with Crippen LogP contribution in [-0.4, -0.2) is 28.8 Å². The average molecular weight is 236 g/mol. The third-order valence-corrected chi connectivity index (χ3v) is 3.36. The summed E-state index contributed by atoms with van der Waals surface area (Å²) in [6.07, 6.45) is 5.32. The maximum absolute atomic E-state index is 12.2. The van der Waals surface area contributed by atoms with Gasteiger partial charge in [-0.05, 0) is 25.2 Å². The van der Waals surface area contributed by atoms with Crippen LogP contribution in [0.2, 0.25) is 0 Å². The second-order valence-corrected chi connectivity index (χ2v) is 4.70. The summed E-state index contributed by atoms with van der Waals surface area (Å²) < 4.78 is 7.04. The number of ketones is 1. The summed E-state index contributed by atoms with van der Waals surface area (Å²) in [4.78, 5) is 12.2. The van der Waals surface area contributed by atoms with Gasteiger partial charge in [0, 0.05) is 32.9 Å². The van der Waals surface area contributed by atoms with Crippen molar-refractivity contribution in [3.05, 3.63) is 17.5 Å². The molecular formula is C13H20N2O2. The van der Waals surface area contributed by atoms with E-state index in [0.29, 0.717) is 12.3 Å². The summed E-state index contributed by atoms with van der Waals surface area (Å²) >= 11 is 0. The molecule has 0 aliphatic carbocycles. The average Bonchev–Trinajstić information content (AvgIpc) is 2.72. The van der Waals surface area contributed by atoms with Crippen molar-refractivity contribution in [1.29, 1.82) is 0 Å². The van der Waals surface area contributed by atoms with Crippen LogP contribution < -0.4 is 0 Å². The van der Waals surface area contributed by atoms with Gasteiger partial charge in [0.2, 0.25) is 0 Å². The Hall–Kier alpha value is -1.16. The van der Waals surface area contributed by atoms with Crippen LogP contribution in [-0.2, 0) is 18.2 Å². The van der Waals surface area contributed by atoms with Gasteiger partial charge in [-0.2, -0.15) is 5.10 Å². The molecule has 0 aromatic carbocycles. The zero-order valence-electron chi connectivity index (χ0n) is 10.6. The largest absolute Gasteiger partial charge is 0.381 e. The molecule has 0 saturated carbocycles. The Morgan fingerprint density at radius 2 is 2.24 bits per heavy atom. The van der Waals surface area contributed by atoms with E-state index in [1.54, 1.807) is 4.68 Å². The number of hydrogen-bond acceptors (Lipinski definition) is 3. The zero-order valence-corrected chi connectivity index (χ0v) is 10.6. The second-order valence-electron chi connectivity index (χ2n) is 4.70. The Kier molecular flexibility index (Phi) is 3.94. The van der Waals surface area contributed by atoms with Crippen molar-refractivity contribution >= 4 is 5.78 Å². The molecule has 0 spiro atoms. The zero-order chi connectivity index (χ0) is 12.3. The fraction of sp³-hybridized carbons (Fsp3) is 0.692. The monoisotopic (exact) mass is 236 g/mol. The topological polar surface area (TPSA) is 44.1 Å². The van der Waals surface area contributed by atoms with Crippen LogP contribution in [0.5, 0.6) is 0 Å². The summed E-state index contributed by atoms with van der Waals surface area (Å²) in [5, 5.41) is 4.31. The van der Waals surface area contributed by atoms with Crippen molar-refractivity contribution in [3.63, 3.8) is 0 Å². The molecule has 0 atom stereocenters. The molecule has 2 heterocycles. The SMILES string of the molecule is CCc1nn(C)cc1C(=O)CC1CCOCC1. The number of Topliss-reactive ketones (excluding diaryl/α,β-unsaturated/α-hetero) is 1. The minimum absolute atomic E-state index is 0.238. The fourth-order valence-electron chi connectivity index (χ4n) is 2.35. The summed E-state index contributed by atoms with van der Waals surface area (Å²) in [5.41, 5.74) is 1.73. The van der Waals surface area contributed by atoms with Crippen LogP contribution in [0.15, 0.2) is 6.20 Å². The number of rotatable bonds is 4. The van der Waals surface area contributed by atoms with E-state index in [0.717, 1.165) is 43.7 Å². The molecule has 1 aliphatic rings. The summed E-state index contributed by atoms with van der Waals surface area (Å²) in [6, 6.07) is 0. The van der Waals surface area contributed by atoms with E-state index < -0.39 is 0 Å². The van der Waals surface area contributed by atoms with E-state index >= 15 is 0 Å². The maximum Gasteiger partial charge on any atom is 0.166 e. The lowest BCUT2D eigenvalue weighted by Crippen LogP contribution is -2.19. The molecular weight excluding hydrogens is 216 g/mol. The van der Waals surface area contributed by atoms with Gasteiger partial charge in [0.1, 0.15) is 0 Å². The second kappa shape index (κ2) is 5.45. The standard InChI is InChI=1S/C13H20N2O2/c1-3-12-11(9-15(2)14-12)13(16)8-10-4-6-17-7-5-10/h9-10H,3-8H2,1-2H3. The molecule has 0 amide bonds. The lowest BCUT2D eigenvalue weighted by molar-refractivity contribution is 0.0601. The molecule has 0 bridgehead atoms. The molecule has 1 aliphatic heterocycles. The van der Waals surface area contributed by atoms with Gasteiger partial charge < -0.3 is 4.74 Å². The predicted octanol–water partition coefficient (Wildman–Crippen LogP) is 1.98. The van der Waals surface area contributed by atoms with Crippen LogP contribution in [0.1, 0.15) is 42.2 Å². The molecule has 4 heteroatoms. The number of ether oxygens (including phenoxy) is 1. The van der Waals surface area contributed by atoms with Crippen molar-refractivity contribution < 1.29 is 9.53 Å². The molecule has 1 saturated heterocycles. The molecule has 17 heavy (non-hydrogen) atoms. The molecule has 4 nitrogen and oxygen atoms in total. The predicted molar refractivity (Wildman–Crippen MR) is 65.1 cm³/mol. The van der Waals surface area contributed by atoms with E-state index in [9.17, 15) is 4.79 Å².